The highest BCUT2D eigenvalue weighted by atomic mass is 19.2. The van der Waals surface area contributed by atoms with Crippen LogP contribution in [-0.4, -0.2) is 16.0 Å². The van der Waals surface area contributed by atoms with Gasteiger partial charge in [0.2, 0.25) is 0 Å². The molecule has 0 aliphatic carbocycles. The second kappa shape index (κ2) is 7.94. The third-order valence-electron chi connectivity index (χ3n) is 3.87. The number of benzene rings is 1. The zero-order chi connectivity index (χ0) is 19.4. The molecule has 0 radical (unpaired) electrons. The Morgan fingerprint density at radius 2 is 2.07 bits per heavy atom. The number of carbonyl (C=O) groups is 1. The van der Waals surface area contributed by atoms with E-state index in [4.69, 9.17) is 9.26 Å². The Morgan fingerprint density at radius 3 is 2.81 bits per heavy atom. The average Bonchev–Trinajstić information content (AvgIpc) is 3.12. The van der Waals surface area contributed by atoms with Crippen LogP contribution in [-0.2, 0) is 6.61 Å². The number of ether oxygens (including phenoxy) is 1. The molecule has 27 heavy (non-hydrogen) atoms. The van der Waals surface area contributed by atoms with Crippen molar-refractivity contribution in [2.45, 2.75) is 26.5 Å². The summed E-state index contributed by atoms with van der Waals surface area (Å²) in [6.07, 6.45) is 1.66. The smallest absolute Gasteiger partial charge is 0.274 e. The number of nitrogens with zero attached hydrogens (tertiary/aromatic N) is 2. The minimum absolute atomic E-state index is 0.0827. The Morgan fingerprint density at radius 1 is 1.26 bits per heavy atom. The highest BCUT2D eigenvalue weighted by Gasteiger charge is 2.18. The first kappa shape index (κ1) is 18.5. The van der Waals surface area contributed by atoms with Crippen LogP contribution in [0.1, 0.15) is 40.5 Å². The van der Waals surface area contributed by atoms with Gasteiger partial charge in [-0.15, -0.1) is 0 Å². The van der Waals surface area contributed by atoms with Gasteiger partial charge in [-0.05, 0) is 37.6 Å². The predicted octanol–water partition coefficient (Wildman–Crippen LogP) is 3.73. The van der Waals surface area contributed by atoms with Crippen LogP contribution in [0.2, 0.25) is 0 Å². The van der Waals surface area contributed by atoms with Crippen LogP contribution in [0.4, 0.5) is 8.78 Å². The molecule has 0 bridgehead atoms. The van der Waals surface area contributed by atoms with Gasteiger partial charge in [0.05, 0.1) is 11.7 Å². The van der Waals surface area contributed by atoms with Crippen molar-refractivity contribution in [3.05, 3.63) is 76.9 Å². The molecule has 140 valence electrons. The molecule has 8 heteroatoms. The number of nitrogens with one attached hydrogen (secondary N) is 1. The summed E-state index contributed by atoms with van der Waals surface area (Å²) in [6, 6.07) is 8.03. The van der Waals surface area contributed by atoms with Crippen molar-refractivity contribution in [1.82, 2.24) is 15.5 Å². The first-order chi connectivity index (χ1) is 12.9. The molecule has 1 aromatic carbocycles. The largest absolute Gasteiger partial charge is 0.485 e. The Bertz CT molecular complexity index is 959. The minimum atomic E-state index is -1.01. The molecule has 3 aromatic rings. The fourth-order valence-electron chi connectivity index (χ4n) is 2.50. The number of aromatic nitrogens is 2. The lowest BCUT2D eigenvalue weighted by atomic mass is 10.1. The van der Waals surface area contributed by atoms with Gasteiger partial charge >= 0.3 is 0 Å². The summed E-state index contributed by atoms with van der Waals surface area (Å²) in [5.74, 6) is -1.99. The van der Waals surface area contributed by atoms with E-state index in [0.717, 1.165) is 23.4 Å². The Hall–Kier alpha value is -3.29. The molecule has 1 N–H and O–H groups in total. The molecule has 2 aromatic heterocycles. The summed E-state index contributed by atoms with van der Waals surface area (Å²) in [4.78, 5) is 16.6. The second-order valence-electron chi connectivity index (χ2n) is 5.94. The molecule has 6 nitrogen and oxygen atoms in total. The molecule has 2 heterocycles. The van der Waals surface area contributed by atoms with Gasteiger partial charge in [-0.25, -0.2) is 8.78 Å². The second-order valence-corrected chi connectivity index (χ2v) is 5.94. The van der Waals surface area contributed by atoms with Crippen molar-refractivity contribution in [3.63, 3.8) is 0 Å². The SMILES string of the molecule is Cc1cccnc1[C@H](C)NC(=O)c1cc(COc2ccc(F)c(F)c2)on1. The molecule has 0 unspecified atom stereocenters. The molecular weight excluding hydrogens is 356 g/mol. The maximum Gasteiger partial charge on any atom is 0.274 e. The standard InChI is InChI=1S/C19H17F2N3O3/c1-11-4-3-7-22-18(11)12(2)23-19(25)17-9-14(27-24-17)10-26-13-5-6-15(20)16(21)8-13/h3-9,12H,10H2,1-2H3,(H,23,25)/t12-/m0/s1. The van der Waals surface area contributed by atoms with Gasteiger partial charge in [0.25, 0.3) is 5.91 Å². The van der Waals surface area contributed by atoms with E-state index < -0.39 is 17.5 Å². The van der Waals surface area contributed by atoms with Crippen molar-refractivity contribution in [3.8, 4) is 5.75 Å². The van der Waals surface area contributed by atoms with Gasteiger partial charge in [-0.3, -0.25) is 9.78 Å². The Balaban J connectivity index is 1.60. The lowest BCUT2D eigenvalue weighted by Crippen LogP contribution is -2.28. The molecule has 0 aliphatic heterocycles. The summed E-state index contributed by atoms with van der Waals surface area (Å²) in [6.45, 7) is 3.65. The first-order valence-electron chi connectivity index (χ1n) is 8.20. The van der Waals surface area contributed by atoms with Crippen LogP contribution in [0.3, 0.4) is 0 Å². The fraction of sp³-hybridized carbons (Fsp3) is 0.211. The van der Waals surface area contributed by atoms with Crippen molar-refractivity contribution >= 4 is 5.91 Å². The molecule has 0 fully saturated rings. The molecule has 1 amide bonds. The molecular formula is C19H17F2N3O3. The van der Waals surface area contributed by atoms with E-state index in [1.54, 1.807) is 6.20 Å². The molecule has 0 saturated carbocycles. The number of aryl methyl sites for hydroxylation is 1. The van der Waals surface area contributed by atoms with Crippen molar-refractivity contribution in [1.29, 1.82) is 0 Å². The van der Waals surface area contributed by atoms with Crippen molar-refractivity contribution < 1.29 is 22.8 Å². The van der Waals surface area contributed by atoms with E-state index in [-0.39, 0.29) is 29.9 Å². The third kappa shape index (κ3) is 4.46. The maximum atomic E-state index is 13.2. The van der Waals surface area contributed by atoms with Crippen LogP contribution in [0, 0.1) is 18.6 Å². The van der Waals surface area contributed by atoms with Gasteiger partial charge in [-0.1, -0.05) is 11.2 Å². The average molecular weight is 373 g/mol. The maximum absolute atomic E-state index is 13.2. The van der Waals surface area contributed by atoms with Crippen molar-refractivity contribution in [2.75, 3.05) is 0 Å². The summed E-state index contributed by atoms with van der Waals surface area (Å²) in [5, 5.41) is 6.51. The topological polar surface area (TPSA) is 77.2 Å². The number of amides is 1. The number of rotatable bonds is 6. The molecule has 0 saturated heterocycles. The van der Waals surface area contributed by atoms with E-state index in [2.05, 4.69) is 15.5 Å². The van der Waals surface area contributed by atoms with Gasteiger partial charge < -0.3 is 14.6 Å². The van der Waals surface area contributed by atoms with E-state index >= 15 is 0 Å². The van der Waals surface area contributed by atoms with Crippen molar-refractivity contribution in [2.24, 2.45) is 0 Å². The molecule has 0 aliphatic rings. The van der Waals surface area contributed by atoms with Crippen LogP contribution in [0.15, 0.2) is 47.1 Å². The van der Waals surface area contributed by atoms with E-state index in [9.17, 15) is 13.6 Å². The lowest BCUT2D eigenvalue weighted by Gasteiger charge is -2.14. The predicted molar refractivity (Wildman–Crippen MR) is 92.0 cm³/mol. The van der Waals surface area contributed by atoms with Gasteiger partial charge in [0, 0.05) is 18.3 Å². The number of halogens is 2. The first-order valence-corrected chi connectivity index (χ1v) is 8.20. The number of hydrogen-bond acceptors (Lipinski definition) is 5. The van der Waals surface area contributed by atoms with E-state index in [1.165, 1.54) is 12.1 Å². The number of hydrogen-bond donors (Lipinski definition) is 1. The van der Waals surface area contributed by atoms with E-state index in [1.807, 2.05) is 26.0 Å². The van der Waals surface area contributed by atoms with Crippen LogP contribution >= 0.6 is 0 Å². The molecule has 1 atom stereocenters. The highest BCUT2D eigenvalue weighted by molar-refractivity contribution is 5.92. The highest BCUT2D eigenvalue weighted by Crippen LogP contribution is 2.18. The minimum Gasteiger partial charge on any atom is -0.485 e. The summed E-state index contributed by atoms with van der Waals surface area (Å²) in [7, 11) is 0. The van der Waals surface area contributed by atoms with Gasteiger partial charge in [-0.2, -0.15) is 0 Å². The summed E-state index contributed by atoms with van der Waals surface area (Å²) in [5.41, 5.74) is 1.81. The molecule has 0 spiro atoms. The van der Waals surface area contributed by atoms with Crippen LogP contribution in [0.5, 0.6) is 5.75 Å². The van der Waals surface area contributed by atoms with Gasteiger partial charge in [0.1, 0.15) is 12.4 Å². The van der Waals surface area contributed by atoms with Gasteiger partial charge in [0.15, 0.2) is 23.1 Å². The summed E-state index contributed by atoms with van der Waals surface area (Å²) < 4.78 is 36.4. The number of pyridine rings is 1. The van der Waals surface area contributed by atoms with E-state index in [0.29, 0.717) is 0 Å². The normalized spacial score (nSPS) is 11.9. The zero-order valence-corrected chi connectivity index (χ0v) is 14.7. The molecule has 3 rings (SSSR count). The Labute approximate surface area is 154 Å². The fourth-order valence-corrected chi connectivity index (χ4v) is 2.50. The number of carbonyl (C=O) groups excluding carboxylic acids is 1. The quantitative estimate of drug-likeness (QED) is 0.712. The third-order valence-corrected chi connectivity index (χ3v) is 3.87. The lowest BCUT2D eigenvalue weighted by molar-refractivity contribution is 0.0929. The van der Waals surface area contributed by atoms with Crippen LogP contribution < -0.4 is 10.1 Å². The van der Waals surface area contributed by atoms with Crippen LogP contribution in [0.25, 0.3) is 0 Å². The Kier molecular flexibility index (Phi) is 5.44. The monoisotopic (exact) mass is 373 g/mol. The zero-order valence-electron chi connectivity index (χ0n) is 14.7. The summed E-state index contributed by atoms with van der Waals surface area (Å²) >= 11 is 0.